The summed E-state index contributed by atoms with van der Waals surface area (Å²) in [6.45, 7) is 5.80. The number of nitrogens with one attached hydrogen (secondary N) is 2. The van der Waals surface area contributed by atoms with Gasteiger partial charge in [0.1, 0.15) is 5.75 Å². The first-order valence-electron chi connectivity index (χ1n) is 8.38. The van der Waals surface area contributed by atoms with Crippen molar-refractivity contribution in [3.8, 4) is 5.75 Å². The van der Waals surface area contributed by atoms with Crippen LogP contribution in [0.15, 0.2) is 53.6 Å². The molecule has 0 aliphatic heterocycles. The SMILES string of the molecule is C/C(CC(=O)Nc1ccccc1C(C)C)=N/NC(=O)c1ccc(O)cc1. The number of carbonyl (C=O) groups excluding carboxylic acids is 2. The molecule has 3 N–H and O–H groups in total. The molecule has 0 aliphatic carbocycles. The highest BCUT2D eigenvalue weighted by Crippen LogP contribution is 2.23. The van der Waals surface area contributed by atoms with Crippen LogP contribution >= 0.6 is 0 Å². The molecule has 0 radical (unpaired) electrons. The number of phenolic OH excluding ortho intramolecular Hbond substituents is 1. The first kappa shape index (κ1) is 19.2. The zero-order valence-corrected chi connectivity index (χ0v) is 15.1. The summed E-state index contributed by atoms with van der Waals surface area (Å²) in [5, 5.41) is 16.1. The molecule has 2 aromatic rings. The third-order valence-electron chi connectivity index (χ3n) is 3.75. The van der Waals surface area contributed by atoms with E-state index < -0.39 is 5.91 Å². The molecule has 0 heterocycles. The van der Waals surface area contributed by atoms with Crippen LogP contribution in [0.2, 0.25) is 0 Å². The maximum atomic E-state index is 12.2. The van der Waals surface area contributed by atoms with Gasteiger partial charge in [0.2, 0.25) is 5.91 Å². The molecule has 26 heavy (non-hydrogen) atoms. The molecule has 0 spiro atoms. The van der Waals surface area contributed by atoms with Gasteiger partial charge in [0.05, 0.1) is 6.42 Å². The lowest BCUT2D eigenvalue weighted by Crippen LogP contribution is -2.21. The molecular formula is C20H23N3O3. The molecule has 0 aromatic heterocycles. The number of hydrogen-bond acceptors (Lipinski definition) is 4. The molecule has 2 aromatic carbocycles. The van der Waals surface area contributed by atoms with E-state index in [-0.39, 0.29) is 18.1 Å². The zero-order valence-electron chi connectivity index (χ0n) is 15.1. The summed E-state index contributed by atoms with van der Waals surface area (Å²) in [5.41, 5.74) is 5.11. The zero-order chi connectivity index (χ0) is 19.1. The van der Waals surface area contributed by atoms with Crippen molar-refractivity contribution >= 4 is 23.2 Å². The molecule has 0 unspecified atom stereocenters. The molecule has 0 bridgehead atoms. The van der Waals surface area contributed by atoms with Crippen molar-refractivity contribution in [2.75, 3.05) is 5.32 Å². The quantitative estimate of drug-likeness (QED) is 0.547. The van der Waals surface area contributed by atoms with Crippen LogP contribution in [0.4, 0.5) is 5.69 Å². The van der Waals surface area contributed by atoms with Crippen LogP contribution < -0.4 is 10.7 Å². The number of benzene rings is 2. The van der Waals surface area contributed by atoms with E-state index in [0.717, 1.165) is 11.3 Å². The van der Waals surface area contributed by atoms with Crippen LogP contribution in [-0.4, -0.2) is 22.6 Å². The summed E-state index contributed by atoms with van der Waals surface area (Å²) in [4.78, 5) is 24.2. The van der Waals surface area contributed by atoms with Gasteiger partial charge in [-0.3, -0.25) is 9.59 Å². The molecule has 0 saturated carbocycles. The fraction of sp³-hybridized carbons (Fsp3) is 0.250. The number of anilines is 1. The van der Waals surface area contributed by atoms with Crippen molar-refractivity contribution in [3.05, 3.63) is 59.7 Å². The second-order valence-electron chi connectivity index (χ2n) is 6.30. The van der Waals surface area contributed by atoms with Gasteiger partial charge in [-0.25, -0.2) is 5.43 Å². The Bertz CT molecular complexity index is 811. The molecule has 136 valence electrons. The Morgan fingerprint density at radius 1 is 1.08 bits per heavy atom. The Balaban J connectivity index is 1.93. The molecule has 0 saturated heterocycles. The van der Waals surface area contributed by atoms with Gasteiger partial charge >= 0.3 is 0 Å². The van der Waals surface area contributed by atoms with Crippen LogP contribution in [0, 0.1) is 0 Å². The van der Waals surface area contributed by atoms with Crippen molar-refractivity contribution in [1.82, 2.24) is 5.43 Å². The van der Waals surface area contributed by atoms with Gasteiger partial charge in [-0.2, -0.15) is 5.10 Å². The van der Waals surface area contributed by atoms with Gasteiger partial charge < -0.3 is 10.4 Å². The number of para-hydroxylation sites is 1. The molecule has 0 atom stereocenters. The second-order valence-corrected chi connectivity index (χ2v) is 6.30. The summed E-state index contributed by atoms with van der Waals surface area (Å²) in [5.74, 6) is -0.224. The minimum absolute atomic E-state index is 0.0717. The minimum Gasteiger partial charge on any atom is -0.508 e. The van der Waals surface area contributed by atoms with Crippen molar-refractivity contribution in [3.63, 3.8) is 0 Å². The van der Waals surface area contributed by atoms with Crippen LogP contribution in [0.1, 0.15) is 49.0 Å². The van der Waals surface area contributed by atoms with Gasteiger partial charge in [-0.1, -0.05) is 32.0 Å². The highest BCUT2D eigenvalue weighted by Gasteiger charge is 2.10. The van der Waals surface area contributed by atoms with E-state index in [4.69, 9.17) is 0 Å². The molecular weight excluding hydrogens is 330 g/mol. The Kier molecular flexibility index (Phi) is 6.49. The second kappa shape index (κ2) is 8.80. The summed E-state index contributed by atoms with van der Waals surface area (Å²) in [6.07, 6.45) is 0.0717. The molecule has 2 amide bonds. The van der Waals surface area contributed by atoms with Crippen LogP contribution in [0.3, 0.4) is 0 Å². The number of hydrazone groups is 1. The predicted octanol–water partition coefficient (Wildman–Crippen LogP) is 3.65. The van der Waals surface area contributed by atoms with Gasteiger partial charge in [0.25, 0.3) is 5.91 Å². The van der Waals surface area contributed by atoms with Gasteiger partial charge in [-0.15, -0.1) is 0 Å². The van der Waals surface area contributed by atoms with Gasteiger partial charge in [-0.05, 0) is 48.7 Å². The fourth-order valence-electron chi connectivity index (χ4n) is 2.40. The van der Waals surface area contributed by atoms with Gasteiger partial charge in [0.15, 0.2) is 0 Å². The Morgan fingerprint density at radius 3 is 2.38 bits per heavy atom. The number of nitrogens with zero attached hydrogens (tertiary/aromatic N) is 1. The van der Waals surface area contributed by atoms with E-state index in [0.29, 0.717) is 17.2 Å². The number of rotatable bonds is 6. The first-order chi connectivity index (χ1) is 12.4. The van der Waals surface area contributed by atoms with E-state index >= 15 is 0 Å². The highest BCUT2D eigenvalue weighted by molar-refractivity contribution is 6.06. The smallest absolute Gasteiger partial charge is 0.271 e. The van der Waals surface area contributed by atoms with Crippen molar-refractivity contribution < 1.29 is 14.7 Å². The Hall–Kier alpha value is -3.15. The number of aromatic hydroxyl groups is 1. The maximum Gasteiger partial charge on any atom is 0.271 e. The molecule has 6 heteroatoms. The number of amides is 2. The fourth-order valence-corrected chi connectivity index (χ4v) is 2.40. The number of hydrogen-bond donors (Lipinski definition) is 3. The number of phenols is 1. The summed E-state index contributed by atoms with van der Waals surface area (Å²) < 4.78 is 0. The van der Waals surface area contributed by atoms with Gasteiger partial charge in [0, 0.05) is 17.0 Å². The Morgan fingerprint density at radius 2 is 1.73 bits per heavy atom. The normalized spacial score (nSPS) is 11.3. The van der Waals surface area contributed by atoms with Crippen LogP contribution in [0.5, 0.6) is 5.75 Å². The molecule has 0 aliphatic rings. The van der Waals surface area contributed by atoms with Crippen molar-refractivity contribution in [2.45, 2.75) is 33.1 Å². The third-order valence-corrected chi connectivity index (χ3v) is 3.75. The third kappa shape index (κ3) is 5.44. The molecule has 6 nitrogen and oxygen atoms in total. The van der Waals surface area contributed by atoms with Crippen LogP contribution in [-0.2, 0) is 4.79 Å². The minimum atomic E-state index is -0.407. The van der Waals surface area contributed by atoms with Crippen molar-refractivity contribution in [2.24, 2.45) is 5.10 Å². The average Bonchev–Trinajstić information content (AvgIpc) is 2.60. The monoisotopic (exact) mass is 353 g/mol. The topological polar surface area (TPSA) is 90.8 Å². The van der Waals surface area contributed by atoms with Crippen molar-refractivity contribution in [1.29, 1.82) is 0 Å². The van der Waals surface area contributed by atoms with E-state index in [1.807, 2.05) is 24.3 Å². The average molecular weight is 353 g/mol. The maximum absolute atomic E-state index is 12.2. The summed E-state index contributed by atoms with van der Waals surface area (Å²) in [6, 6.07) is 13.5. The van der Waals surface area contributed by atoms with E-state index in [1.54, 1.807) is 6.92 Å². The van der Waals surface area contributed by atoms with Crippen LogP contribution in [0.25, 0.3) is 0 Å². The molecule has 2 rings (SSSR count). The summed E-state index contributed by atoms with van der Waals surface area (Å²) >= 11 is 0. The van der Waals surface area contributed by atoms with E-state index in [2.05, 4.69) is 29.7 Å². The first-order valence-corrected chi connectivity index (χ1v) is 8.38. The lowest BCUT2D eigenvalue weighted by molar-refractivity contribution is -0.115. The largest absolute Gasteiger partial charge is 0.508 e. The van der Waals surface area contributed by atoms with E-state index in [1.165, 1.54) is 24.3 Å². The lowest BCUT2D eigenvalue weighted by Gasteiger charge is -2.13. The summed E-state index contributed by atoms with van der Waals surface area (Å²) in [7, 11) is 0. The van der Waals surface area contributed by atoms with E-state index in [9.17, 15) is 14.7 Å². The predicted molar refractivity (Wildman–Crippen MR) is 102 cm³/mol. The highest BCUT2D eigenvalue weighted by atomic mass is 16.3. The number of carbonyl (C=O) groups is 2. The Labute approximate surface area is 152 Å². The molecule has 0 fully saturated rings. The lowest BCUT2D eigenvalue weighted by atomic mass is 10.0. The standard InChI is InChI=1S/C20H23N3O3/c1-13(2)17-6-4-5-7-18(17)21-19(25)12-14(3)22-23-20(26)15-8-10-16(24)11-9-15/h4-11,13,24H,12H2,1-3H3,(H,21,25)(H,23,26)/b22-14-.